The number of rotatable bonds is 5. The molecule has 1 aliphatic heterocycles. The van der Waals surface area contributed by atoms with Crippen molar-refractivity contribution in [2.45, 2.75) is 31.8 Å². The zero-order valence-corrected chi connectivity index (χ0v) is 13.9. The molecule has 0 radical (unpaired) electrons. The quantitative estimate of drug-likeness (QED) is 0.885. The number of likely N-dealkylation sites (tertiary alicyclic amines) is 1. The normalized spacial score (nSPS) is 19.0. The van der Waals surface area contributed by atoms with Crippen LogP contribution < -0.4 is 5.32 Å². The van der Waals surface area contributed by atoms with Gasteiger partial charge in [-0.2, -0.15) is 5.10 Å². The largest absolute Gasteiger partial charge is 0.341 e. The summed E-state index contributed by atoms with van der Waals surface area (Å²) in [6.07, 6.45) is 5.26. The molecule has 1 aromatic carbocycles. The van der Waals surface area contributed by atoms with Crippen molar-refractivity contribution in [2.75, 3.05) is 13.1 Å². The number of aromatic nitrogens is 2. The molecule has 1 amide bonds. The first-order valence-electron chi connectivity index (χ1n) is 7.95. The smallest absolute Gasteiger partial charge is 0.222 e. The lowest BCUT2D eigenvalue weighted by Crippen LogP contribution is -2.37. The number of H-pyrrole nitrogens is 1. The summed E-state index contributed by atoms with van der Waals surface area (Å²) in [5.74, 6) is 0.223. The lowest BCUT2D eigenvalue weighted by molar-refractivity contribution is -0.129. The standard InChI is InChI=1S/C17H21ClN4O/c1-2-16(23)22-8-7-15(11-22)21-17(13-9-19-20-10-13)12-3-5-14(18)6-4-12/h3-6,9-10,15,17,21H,2,7-8,11H2,1H3,(H,19,20). The van der Waals surface area contributed by atoms with Gasteiger partial charge in [-0.25, -0.2) is 0 Å². The molecule has 0 spiro atoms. The molecule has 6 heteroatoms. The van der Waals surface area contributed by atoms with Gasteiger partial charge in [-0.1, -0.05) is 30.7 Å². The van der Waals surface area contributed by atoms with Crippen LogP contribution in [-0.2, 0) is 4.79 Å². The Labute approximate surface area is 141 Å². The zero-order chi connectivity index (χ0) is 16.2. The van der Waals surface area contributed by atoms with E-state index in [1.165, 1.54) is 0 Å². The van der Waals surface area contributed by atoms with Crippen LogP contribution in [0.25, 0.3) is 0 Å². The molecule has 2 atom stereocenters. The molecule has 3 rings (SSSR count). The van der Waals surface area contributed by atoms with Gasteiger partial charge in [0.1, 0.15) is 0 Å². The number of amides is 1. The molecule has 1 saturated heterocycles. The summed E-state index contributed by atoms with van der Waals surface area (Å²) in [5.41, 5.74) is 2.21. The van der Waals surface area contributed by atoms with Gasteiger partial charge in [-0.05, 0) is 24.1 Å². The van der Waals surface area contributed by atoms with E-state index < -0.39 is 0 Å². The molecule has 23 heavy (non-hydrogen) atoms. The fourth-order valence-electron chi connectivity index (χ4n) is 3.04. The Bertz CT molecular complexity index is 641. The molecule has 2 heterocycles. The average Bonchev–Trinajstić information content (AvgIpc) is 3.24. The number of hydrogen-bond acceptors (Lipinski definition) is 3. The second kappa shape index (κ2) is 7.15. The van der Waals surface area contributed by atoms with E-state index in [1.807, 2.05) is 48.5 Å². The van der Waals surface area contributed by atoms with Gasteiger partial charge in [0.15, 0.2) is 0 Å². The monoisotopic (exact) mass is 332 g/mol. The number of benzene rings is 1. The maximum atomic E-state index is 11.9. The van der Waals surface area contributed by atoms with E-state index >= 15 is 0 Å². The van der Waals surface area contributed by atoms with Crippen LogP contribution in [0.15, 0.2) is 36.7 Å². The van der Waals surface area contributed by atoms with Crippen LogP contribution in [0.5, 0.6) is 0 Å². The van der Waals surface area contributed by atoms with E-state index in [1.54, 1.807) is 0 Å². The van der Waals surface area contributed by atoms with Crippen molar-refractivity contribution in [3.05, 3.63) is 52.8 Å². The lowest BCUT2D eigenvalue weighted by Gasteiger charge is -2.23. The van der Waals surface area contributed by atoms with Crippen LogP contribution in [0.2, 0.25) is 5.02 Å². The van der Waals surface area contributed by atoms with Crippen LogP contribution in [0.1, 0.15) is 36.9 Å². The van der Waals surface area contributed by atoms with Crippen molar-refractivity contribution in [1.82, 2.24) is 20.4 Å². The SMILES string of the molecule is CCC(=O)N1CCC(NC(c2ccc(Cl)cc2)c2cn[nH]c2)C1. The number of halogens is 1. The highest BCUT2D eigenvalue weighted by molar-refractivity contribution is 6.30. The summed E-state index contributed by atoms with van der Waals surface area (Å²) in [5, 5.41) is 11.3. The third kappa shape index (κ3) is 3.74. The van der Waals surface area contributed by atoms with Gasteiger partial charge in [0.2, 0.25) is 5.91 Å². The second-order valence-corrected chi connectivity index (χ2v) is 6.30. The van der Waals surface area contributed by atoms with Crippen molar-refractivity contribution < 1.29 is 4.79 Å². The minimum absolute atomic E-state index is 0.0349. The Kier molecular flexibility index (Phi) is 4.98. The Morgan fingerprint density at radius 2 is 2.22 bits per heavy atom. The van der Waals surface area contributed by atoms with Gasteiger partial charge in [0.05, 0.1) is 12.2 Å². The van der Waals surface area contributed by atoms with E-state index in [0.29, 0.717) is 6.42 Å². The van der Waals surface area contributed by atoms with Gasteiger partial charge < -0.3 is 10.2 Å². The lowest BCUT2D eigenvalue weighted by atomic mass is 10.0. The molecule has 1 aliphatic rings. The van der Waals surface area contributed by atoms with Gasteiger partial charge in [0, 0.05) is 42.3 Å². The minimum Gasteiger partial charge on any atom is -0.341 e. The molecule has 1 fully saturated rings. The van der Waals surface area contributed by atoms with Crippen LogP contribution in [0, 0.1) is 0 Å². The number of aromatic amines is 1. The number of hydrogen-bond donors (Lipinski definition) is 2. The highest BCUT2D eigenvalue weighted by atomic mass is 35.5. The third-order valence-electron chi connectivity index (χ3n) is 4.30. The van der Waals surface area contributed by atoms with E-state index in [9.17, 15) is 4.79 Å². The average molecular weight is 333 g/mol. The number of carbonyl (C=O) groups excluding carboxylic acids is 1. The number of nitrogens with one attached hydrogen (secondary N) is 2. The Morgan fingerprint density at radius 1 is 1.43 bits per heavy atom. The first-order valence-corrected chi connectivity index (χ1v) is 8.33. The summed E-state index contributed by atoms with van der Waals surface area (Å²) in [7, 11) is 0. The number of nitrogens with zero attached hydrogens (tertiary/aromatic N) is 2. The van der Waals surface area contributed by atoms with Crippen LogP contribution >= 0.6 is 11.6 Å². The first-order chi connectivity index (χ1) is 11.2. The highest BCUT2D eigenvalue weighted by Crippen LogP contribution is 2.25. The molecule has 2 aromatic rings. The topological polar surface area (TPSA) is 61.0 Å². The highest BCUT2D eigenvalue weighted by Gasteiger charge is 2.28. The van der Waals surface area contributed by atoms with E-state index in [4.69, 9.17) is 11.6 Å². The molecule has 2 unspecified atom stereocenters. The summed E-state index contributed by atoms with van der Waals surface area (Å²) in [6, 6.07) is 8.16. The van der Waals surface area contributed by atoms with Crippen LogP contribution in [0.4, 0.5) is 0 Å². The minimum atomic E-state index is 0.0349. The predicted octanol–water partition coefficient (Wildman–Crippen LogP) is 2.75. The fourth-order valence-corrected chi connectivity index (χ4v) is 3.17. The van der Waals surface area contributed by atoms with E-state index in [2.05, 4.69) is 15.5 Å². The molecule has 2 N–H and O–H groups in total. The first kappa shape index (κ1) is 16.0. The zero-order valence-electron chi connectivity index (χ0n) is 13.1. The second-order valence-electron chi connectivity index (χ2n) is 5.86. The molecule has 5 nitrogen and oxygen atoms in total. The maximum absolute atomic E-state index is 11.9. The molecule has 122 valence electrons. The summed E-state index contributed by atoms with van der Waals surface area (Å²) >= 11 is 6.00. The summed E-state index contributed by atoms with van der Waals surface area (Å²) in [4.78, 5) is 13.8. The molecule has 0 saturated carbocycles. The van der Waals surface area contributed by atoms with Crippen molar-refractivity contribution in [1.29, 1.82) is 0 Å². The van der Waals surface area contributed by atoms with Crippen molar-refractivity contribution in [2.24, 2.45) is 0 Å². The molecule has 0 aliphatic carbocycles. The predicted molar refractivity (Wildman–Crippen MR) is 90.3 cm³/mol. The number of carbonyl (C=O) groups is 1. The Morgan fingerprint density at radius 3 is 2.87 bits per heavy atom. The third-order valence-corrected chi connectivity index (χ3v) is 4.55. The van der Waals surface area contributed by atoms with Gasteiger partial charge in [-0.3, -0.25) is 9.89 Å². The molecular formula is C17H21ClN4O. The van der Waals surface area contributed by atoms with E-state index in [-0.39, 0.29) is 18.0 Å². The van der Waals surface area contributed by atoms with Gasteiger partial charge in [-0.15, -0.1) is 0 Å². The van der Waals surface area contributed by atoms with Crippen molar-refractivity contribution in [3.63, 3.8) is 0 Å². The van der Waals surface area contributed by atoms with E-state index in [0.717, 1.165) is 35.7 Å². The Hall–Kier alpha value is -1.85. The maximum Gasteiger partial charge on any atom is 0.222 e. The van der Waals surface area contributed by atoms with Gasteiger partial charge in [0.25, 0.3) is 0 Å². The summed E-state index contributed by atoms with van der Waals surface area (Å²) < 4.78 is 0. The van der Waals surface area contributed by atoms with Gasteiger partial charge >= 0.3 is 0 Å². The summed E-state index contributed by atoms with van der Waals surface area (Å²) in [6.45, 7) is 3.49. The fraction of sp³-hybridized carbons (Fsp3) is 0.412. The Balaban J connectivity index is 1.75. The van der Waals surface area contributed by atoms with Crippen LogP contribution in [-0.4, -0.2) is 40.1 Å². The molecule has 1 aromatic heterocycles. The molecular weight excluding hydrogens is 312 g/mol. The molecule has 0 bridgehead atoms. The van der Waals surface area contributed by atoms with Crippen molar-refractivity contribution >= 4 is 17.5 Å². The van der Waals surface area contributed by atoms with Crippen LogP contribution in [0.3, 0.4) is 0 Å². The van der Waals surface area contributed by atoms with Crippen molar-refractivity contribution in [3.8, 4) is 0 Å².